The number of halogens is 2. The second-order valence-electron chi connectivity index (χ2n) is 12.8. The summed E-state index contributed by atoms with van der Waals surface area (Å²) in [6.07, 6.45) is 0.709. The summed E-state index contributed by atoms with van der Waals surface area (Å²) in [4.78, 5) is 48.9. The number of rotatable bonds is 7. The van der Waals surface area contributed by atoms with Crippen molar-refractivity contribution in [3.8, 4) is 22.8 Å². The second kappa shape index (κ2) is 12.6. The fraction of sp³-hybridized carbons (Fsp3) is 0.278. The van der Waals surface area contributed by atoms with Gasteiger partial charge in [-0.15, -0.1) is 0 Å². The molecule has 1 unspecified atom stereocenters. The number of anilines is 1. The van der Waals surface area contributed by atoms with Crippen molar-refractivity contribution in [1.29, 1.82) is 0 Å². The highest BCUT2D eigenvalue weighted by molar-refractivity contribution is 6.05. The first-order chi connectivity index (χ1) is 24.2. The first kappa shape index (κ1) is 31.5. The van der Waals surface area contributed by atoms with Crippen molar-refractivity contribution >= 4 is 34.6 Å². The van der Waals surface area contributed by atoms with E-state index in [-0.39, 0.29) is 43.9 Å². The third-order valence-electron chi connectivity index (χ3n) is 9.57. The molecule has 254 valence electrons. The van der Waals surface area contributed by atoms with Gasteiger partial charge < -0.3 is 15.4 Å². The van der Waals surface area contributed by atoms with Crippen molar-refractivity contribution < 1.29 is 27.9 Å². The fourth-order valence-corrected chi connectivity index (χ4v) is 7.18. The lowest BCUT2D eigenvalue weighted by atomic mass is 10.0. The van der Waals surface area contributed by atoms with Crippen LogP contribution < -0.4 is 15.8 Å². The zero-order valence-corrected chi connectivity index (χ0v) is 26.8. The molecule has 2 aromatic heterocycles. The molecule has 2 fully saturated rings. The highest BCUT2D eigenvalue weighted by atomic mass is 19.1. The van der Waals surface area contributed by atoms with Crippen LogP contribution in [-0.2, 0) is 22.7 Å². The number of benzene rings is 3. The van der Waals surface area contributed by atoms with Crippen LogP contribution in [0.2, 0.25) is 0 Å². The maximum Gasteiger partial charge on any atom is 0.258 e. The number of nitrogens with two attached hydrogens (primary N) is 1. The number of carbonyl (C=O) groups is 3. The first-order valence-corrected chi connectivity index (χ1v) is 16.4. The SMILES string of the molecule is Nc1ncnc2c1c(-c1ccc(Oc3ccccc3)cc1)nn2[C@H]1CCN(Cc2cc(F)c3c(c2)CN(C2CCC(=O)NC2=O)C3=O)C[C@@H]1F. The second-order valence-corrected chi connectivity index (χ2v) is 12.8. The van der Waals surface area contributed by atoms with Crippen molar-refractivity contribution in [2.45, 2.75) is 50.6 Å². The maximum atomic E-state index is 16.1. The largest absolute Gasteiger partial charge is 0.457 e. The Hall–Kier alpha value is -5.76. The predicted molar refractivity (Wildman–Crippen MR) is 178 cm³/mol. The summed E-state index contributed by atoms with van der Waals surface area (Å²) in [6.45, 7) is 0.879. The third kappa shape index (κ3) is 5.70. The predicted octanol–water partition coefficient (Wildman–Crippen LogP) is 4.55. The van der Waals surface area contributed by atoms with E-state index >= 15 is 8.78 Å². The number of carbonyl (C=O) groups excluding carboxylic acids is 3. The highest BCUT2D eigenvalue weighted by Crippen LogP contribution is 2.37. The molecule has 5 heterocycles. The number of nitrogens with one attached hydrogen (secondary N) is 1. The van der Waals surface area contributed by atoms with Crippen LogP contribution >= 0.6 is 0 Å². The van der Waals surface area contributed by atoms with Crippen LogP contribution in [0.4, 0.5) is 14.6 Å². The topological polar surface area (TPSA) is 149 Å². The number of aromatic nitrogens is 4. The van der Waals surface area contributed by atoms with Crippen LogP contribution in [0.3, 0.4) is 0 Å². The van der Waals surface area contributed by atoms with Crippen molar-refractivity contribution in [2.24, 2.45) is 0 Å². The molecule has 3 aliphatic rings. The van der Waals surface area contributed by atoms with Gasteiger partial charge in [-0.1, -0.05) is 24.3 Å². The van der Waals surface area contributed by atoms with Crippen molar-refractivity contribution in [3.63, 3.8) is 0 Å². The minimum Gasteiger partial charge on any atom is -0.457 e. The summed E-state index contributed by atoms with van der Waals surface area (Å²) < 4.78 is 38.9. The van der Waals surface area contributed by atoms with E-state index in [2.05, 4.69) is 15.3 Å². The van der Waals surface area contributed by atoms with E-state index in [4.69, 9.17) is 15.6 Å². The Bertz CT molecular complexity index is 2140. The molecular weight excluding hydrogens is 646 g/mol. The Kier molecular flexibility index (Phi) is 7.94. The summed E-state index contributed by atoms with van der Waals surface area (Å²) >= 11 is 0. The molecule has 0 spiro atoms. The van der Waals surface area contributed by atoms with Crippen LogP contribution in [0.1, 0.15) is 46.8 Å². The average Bonchev–Trinajstić information content (AvgIpc) is 3.64. The standard InChI is InChI=1S/C36H32F2N8O4/c37-25-15-20(14-22-17-45(36(49)30(22)25)28-10-11-29(47)42-35(28)48)16-44-13-12-27(26(38)18-44)46-34-31(33(39)40-19-41-34)32(43-46)21-6-8-24(9-7-21)50-23-4-2-1-3-5-23/h1-9,14-15,19,26-28H,10-13,16-18H2,(H2,39,40,41)(H,42,47,48)/t26-,27-,28?/m0/s1. The molecule has 3 N–H and O–H groups in total. The van der Waals surface area contributed by atoms with Gasteiger partial charge in [0.2, 0.25) is 11.8 Å². The number of hydrogen-bond donors (Lipinski definition) is 2. The van der Waals surface area contributed by atoms with Gasteiger partial charge in [0.1, 0.15) is 47.4 Å². The summed E-state index contributed by atoms with van der Waals surface area (Å²) in [5.74, 6) is -0.616. The lowest BCUT2D eigenvalue weighted by molar-refractivity contribution is -0.136. The van der Waals surface area contributed by atoms with Crippen LogP contribution in [0.15, 0.2) is 73.1 Å². The molecule has 0 bridgehead atoms. The third-order valence-corrected chi connectivity index (χ3v) is 9.57. The maximum absolute atomic E-state index is 16.1. The van der Waals surface area contributed by atoms with Crippen LogP contribution in [-0.4, -0.2) is 72.6 Å². The number of piperidine rings is 2. The normalized spacial score (nSPS) is 21.0. The minimum atomic E-state index is -1.33. The van der Waals surface area contributed by atoms with E-state index in [9.17, 15) is 14.4 Å². The van der Waals surface area contributed by atoms with Gasteiger partial charge in [0.25, 0.3) is 5.91 Å². The smallest absolute Gasteiger partial charge is 0.258 e. The Labute approximate surface area is 284 Å². The van der Waals surface area contributed by atoms with Gasteiger partial charge in [0.05, 0.1) is 17.0 Å². The first-order valence-electron chi connectivity index (χ1n) is 16.4. The fourth-order valence-electron chi connectivity index (χ4n) is 7.18. The van der Waals surface area contributed by atoms with E-state index in [1.807, 2.05) is 59.5 Å². The van der Waals surface area contributed by atoms with Crippen LogP contribution in [0.5, 0.6) is 11.5 Å². The summed E-state index contributed by atoms with van der Waals surface area (Å²) in [5, 5.41) is 7.62. The van der Waals surface area contributed by atoms with Crippen molar-refractivity contribution in [2.75, 3.05) is 18.8 Å². The molecule has 3 atom stereocenters. The molecule has 3 aromatic carbocycles. The molecule has 2 saturated heterocycles. The van der Waals surface area contributed by atoms with Gasteiger partial charge in [-0.2, -0.15) is 5.10 Å². The Morgan fingerprint density at radius 2 is 1.76 bits per heavy atom. The minimum absolute atomic E-state index is 0.0570. The molecule has 14 heteroatoms. The highest BCUT2D eigenvalue weighted by Gasteiger charge is 2.41. The molecule has 8 rings (SSSR count). The van der Waals surface area contributed by atoms with E-state index in [0.29, 0.717) is 52.3 Å². The van der Waals surface area contributed by atoms with Crippen LogP contribution in [0, 0.1) is 5.82 Å². The molecule has 50 heavy (non-hydrogen) atoms. The van der Waals surface area contributed by atoms with Gasteiger partial charge in [-0.25, -0.2) is 23.4 Å². The zero-order valence-electron chi connectivity index (χ0n) is 26.8. The van der Waals surface area contributed by atoms with Gasteiger partial charge in [-0.05, 0) is 66.4 Å². The number of hydrogen-bond acceptors (Lipinski definition) is 9. The van der Waals surface area contributed by atoms with E-state index in [0.717, 1.165) is 5.56 Å². The molecule has 3 aliphatic heterocycles. The lowest BCUT2D eigenvalue weighted by Crippen LogP contribution is -2.52. The lowest BCUT2D eigenvalue weighted by Gasteiger charge is -2.35. The van der Waals surface area contributed by atoms with Crippen LogP contribution in [0.25, 0.3) is 22.3 Å². The summed E-state index contributed by atoms with van der Waals surface area (Å²) in [7, 11) is 0. The monoisotopic (exact) mass is 678 g/mol. The summed E-state index contributed by atoms with van der Waals surface area (Å²) in [6, 6.07) is 18.4. The molecule has 0 saturated carbocycles. The number of nitrogen functional groups attached to an aromatic ring is 1. The van der Waals surface area contributed by atoms with Crippen molar-refractivity contribution in [1.82, 2.24) is 34.9 Å². The van der Waals surface area contributed by atoms with E-state index < -0.39 is 41.8 Å². The van der Waals surface area contributed by atoms with Gasteiger partial charge in [0.15, 0.2) is 5.65 Å². The number of likely N-dealkylation sites (tertiary alicyclic amines) is 1. The number of fused-ring (bicyclic) bond motifs is 2. The number of alkyl halides is 1. The number of ether oxygens (including phenoxy) is 1. The Morgan fingerprint density at radius 3 is 2.52 bits per heavy atom. The zero-order chi connectivity index (χ0) is 34.5. The number of nitrogens with zero attached hydrogens (tertiary/aromatic N) is 6. The van der Waals surface area contributed by atoms with Gasteiger partial charge in [0, 0.05) is 38.2 Å². The number of imide groups is 1. The Balaban J connectivity index is 0.985. The van der Waals surface area contributed by atoms with Crippen molar-refractivity contribution in [3.05, 3.63) is 95.6 Å². The Morgan fingerprint density at radius 1 is 0.980 bits per heavy atom. The summed E-state index contributed by atoms with van der Waals surface area (Å²) in [5.41, 5.74) is 9.03. The molecular formula is C36H32F2N8O4. The molecule has 0 aliphatic carbocycles. The van der Waals surface area contributed by atoms with E-state index in [1.165, 1.54) is 17.3 Å². The molecule has 12 nitrogen and oxygen atoms in total. The quantitative estimate of drug-likeness (QED) is 0.237. The number of amides is 3. The molecule has 0 radical (unpaired) electrons. The average molecular weight is 679 g/mol. The number of para-hydroxylation sites is 1. The molecule has 5 aromatic rings. The van der Waals surface area contributed by atoms with Gasteiger partial charge in [-0.3, -0.25) is 24.6 Å². The molecule has 3 amide bonds. The van der Waals surface area contributed by atoms with Gasteiger partial charge >= 0.3 is 0 Å². The van der Waals surface area contributed by atoms with E-state index in [1.54, 1.807) is 10.7 Å².